The zero-order chi connectivity index (χ0) is 19.0. The standard InChI is InChI=1S/C18H23ClN4O3S/c1-13-20-18(14-7-10-26-11-8-14)23(21-13)15-6-9-22(12-15)27(24,25)17-5-3-2-4-16(17)19/h2-5,14-15H,6-12H2,1H3. The molecule has 0 saturated carbocycles. The van der Waals surface area contributed by atoms with Crippen LogP contribution in [0.5, 0.6) is 0 Å². The van der Waals surface area contributed by atoms with Crippen LogP contribution in [0.4, 0.5) is 0 Å². The van der Waals surface area contributed by atoms with Crippen LogP contribution in [0.3, 0.4) is 0 Å². The Labute approximate surface area is 164 Å². The van der Waals surface area contributed by atoms with E-state index in [1.54, 1.807) is 24.3 Å². The Morgan fingerprint density at radius 3 is 2.67 bits per heavy atom. The molecule has 0 aliphatic carbocycles. The van der Waals surface area contributed by atoms with E-state index in [2.05, 4.69) is 10.1 Å². The van der Waals surface area contributed by atoms with Gasteiger partial charge in [0.15, 0.2) is 0 Å². The maximum atomic E-state index is 13.0. The molecule has 0 spiro atoms. The molecular weight excluding hydrogens is 388 g/mol. The number of halogens is 1. The van der Waals surface area contributed by atoms with Gasteiger partial charge in [0, 0.05) is 32.2 Å². The Hall–Kier alpha value is -1.48. The summed E-state index contributed by atoms with van der Waals surface area (Å²) in [5.74, 6) is 2.00. The molecule has 146 valence electrons. The number of benzene rings is 1. The third kappa shape index (κ3) is 3.63. The molecule has 0 radical (unpaired) electrons. The van der Waals surface area contributed by atoms with E-state index in [1.165, 1.54) is 4.31 Å². The second kappa shape index (κ2) is 7.50. The van der Waals surface area contributed by atoms with Gasteiger partial charge in [-0.2, -0.15) is 9.40 Å². The number of nitrogens with zero attached hydrogens (tertiary/aromatic N) is 4. The van der Waals surface area contributed by atoms with Gasteiger partial charge in [0.1, 0.15) is 16.5 Å². The van der Waals surface area contributed by atoms with Crippen molar-refractivity contribution in [3.8, 4) is 0 Å². The van der Waals surface area contributed by atoms with E-state index in [-0.39, 0.29) is 16.0 Å². The molecule has 1 aromatic carbocycles. The molecule has 0 N–H and O–H groups in total. The second-order valence-electron chi connectivity index (χ2n) is 7.08. The highest BCUT2D eigenvalue weighted by Crippen LogP contribution is 2.33. The van der Waals surface area contributed by atoms with Gasteiger partial charge in [-0.3, -0.25) is 0 Å². The van der Waals surface area contributed by atoms with E-state index in [9.17, 15) is 8.42 Å². The zero-order valence-corrected chi connectivity index (χ0v) is 16.8. The summed E-state index contributed by atoms with van der Waals surface area (Å²) in [7, 11) is -3.62. The van der Waals surface area contributed by atoms with Crippen molar-refractivity contribution in [3.63, 3.8) is 0 Å². The van der Waals surface area contributed by atoms with E-state index in [4.69, 9.17) is 16.3 Å². The van der Waals surface area contributed by atoms with Gasteiger partial charge >= 0.3 is 0 Å². The molecule has 0 amide bonds. The van der Waals surface area contributed by atoms with Crippen LogP contribution in [0.15, 0.2) is 29.2 Å². The molecule has 1 unspecified atom stereocenters. The van der Waals surface area contributed by atoms with Crippen molar-refractivity contribution < 1.29 is 13.2 Å². The number of aromatic nitrogens is 3. The highest BCUT2D eigenvalue weighted by atomic mass is 35.5. The maximum absolute atomic E-state index is 13.0. The van der Waals surface area contributed by atoms with Gasteiger partial charge in [0.05, 0.1) is 11.1 Å². The van der Waals surface area contributed by atoms with E-state index >= 15 is 0 Å². The molecule has 3 heterocycles. The van der Waals surface area contributed by atoms with Crippen molar-refractivity contribution in [3.05, 3.63) is 40.9 Å². The number of aryl methyl sites for hydroxylation is 1. The van der Waals surface area contributed by atoms with Gasteiger partial charge < -0.3 is 4.74 Å². The first-order valence-electron chi connectivity index (χ1n) is 9.22. The van der Waals surface area contributed by atoms with Crippen LogP contribution in [0, 0.1) is 6.92 Å². The molecule has 2 aromatic rings. The number of hydrogen-bond acceptors (Lipinski definition) is 5. The summed E-state index contributed by atoms with van der Waals surface area (Å²) in [4.78, 5) is 4.80. The first kappa shape index (κ1) is 18.9. The number of hydrogen-bond donors (Lipinski definition) is 0. The first-order chi connectivity index (χ1) is 13.0. The fourth-order valence-corrected chi connectivity index (χ4v) is 5.86. The van der Waals surface area contributed by atoms with Crippen molar-refractivity contribution in [1.29, 1.82) is 0 Å². The normalized spacial score (nSPS) is 22.4. The molecule has 2 aliphatic rings. The van der Waals surface area contributed by atoms with Crippen molar-refractivity contribution in [2.45, 2.75) is 43.0 Å². The van der Waals surface area contributed by atoms with Crippen LogP contribution in [0.1, 0.15) is 42.9 Å². The molecule has 2 saturated heterocycles. The summed E-state index contributed by atoms with van der Waals surface area (Å²) in [6.07, 6.45) is 2.56. The molecule has 4 rings (SSSR count). The zero-order valence-electron chi connectivity index (χ0n) is 15.2. The lowest BCUT2D eigenvalue weighted by Crippen LogP contribution is -2.30. The minimum Gasteiger partial charge on any atom is -0.381 e. The van der Waals surface area contributed by atoms with Crippen molar-refractivity contribution >= 4 is 21.6 Å². The Kier molecular flexibility index (Phi) is 5.24. The average molecular weight is 411 g/mol. The second-order valence-corrected chi connectivity index (χ2v) is 9.40. The van der Waals surface area contributed by atoms with Crippen molar-refractivity contribution in [1.82, 2.24) is 19.1 Å². The number of ether oxygens (including phenoxy) is 1. The highest BCUT2D eigenvalue weighted by Gasteiger charge is 2.36. The lowest BCUT2D eigenvalue weighted by Gasteiger charge is -2.23. The highest BCUT2D eigenvalue weighted by molar-refractivity contribution is 7.89. The topological polar surface area (TPSA) is 77.3 Å². The summed E-state index contributed by atoms with van der Waals surface area (Å²) >= 11 is 6.13. The van der Waals surface area contributed by atoms with Crippen molar-refractivity contribution in [2.24, 2.45) is 0 Å². The third-order valence-corrected chi connectivity index (χ3v) is 7.64. The summed E-state index contributed by atoms with van der Waals surface area (Å²) in [5.41, 5.74) is 0. The lowest BCUT2D eigenvalue weighted by atomic mass is 9.99. The fourth-order valence-electron chi connectivity index (χ4n) is 3.87. The molecule has 1 aromatic heterocycles. The molecule has 9 heteroatoms. The number of rotatable bonds is 4. The molecule has 1 atom stereocenters. The van der Waals surface area contributed by atoms with E-state index in [0.717, 1.165) is 37.7 Å². The third-order valence-electron chi connectivity index (χ3n) is 5.28. The van der Waals surface area contributed by atoms with E-state index < -0.39 is 10.0 Å². The van der Waals surface area contributed by atoms with Gasteiger partial charge in [-0.15, -0.1) is 0 Å². The van der Waals surface area contributed by atoms with Gasteiger partial charge in [0.2, 0.25) is 10.0 Å². The molecule has 2 fully saturated rings. The van der Waals surface area contributed by atoms with E-state index in [0.29, 0.717) is 25.4 Å². The summed E-state index contributed by atoms with van der Waals surface area (Å²) in [5, 5.41) is 4.84. The van der Waals surface area contributed by atoms with Gasteiger partial charge in [-0.25, -0.2) is 18.1 Å². The predicted octanol–water partition coefficient (Wildman–Crippen LogP) is 2.77. The molecule has 7 nitrogen and oxygen atoms in total. The van der Waals surface area contributed by atoms with Crippen LogP contribution >= 0.6 is 11.6 Å². The summed E-state index contributed by atoms with van der Waals surface area (Å²) in [6.45, 7) is 4.17. The van der Waals surface area contributed by atoms with Crippen LogP contribution < -0.4 is 0 Å². The lowest BCUT2D eigenvalue weighted by molar-refractivity contribution is 0.0821. The Morgan fingerprint density at radius 2 is 1.93 bits per heavy atom. The largest absolute Gasteiger partial charge is 0.381 e. The quantitative estimate of drug-likeness (QED) is 0.774. The Balaban J connectivity index is 1.58. The first-order valence-corrected chi connectivity index (χ1v) is 11.0. The maximum Gasteiger partial charge on any atom is 0.244 e. The predicted molar refractivity (Wildman–Crippen MR) is 101 cm³/mol. The molecular formula is C18H23ClN4O3S. The monoisotopic (exact) mass is 410 g/mol. The van der Waals surface area contributed by atoms with Crippen LogP contribution in [-0.4, -0.2) is 53.8 Å². The van der Waals surface area contributed by atoms with E-state index in [1.807, 2.05) is 11.6 Å². The minimum atomic E-state index is -3.62. The van der Waals surface area contributed by atoms with Crippen LogP contribution in [0.2, 0.25) is 5.02 Å². The van der Waals surface area contributed by atoms with Gasteiger partial charge in [-0.05, 0) is 38.3 Å². The van der Waals surface area contributed by atoms with Gasteiger partial charge in [-0.1, -0.05) is 23.7 Å². The average Bonchev–Trinajstić information content (AvgIpc) is 3.30. The smallest absolute Gasteiger partial charge is 0.244 e. The summed E-state index contributed by atoms with van der Waals surface area (Å²) in [6, 6.07) is 6.56. The van der Waals surface area contributed by atoms with Gasteiger partial charge in [0.25, 0.3) is 0 Å². The molecule has 2 aliphatic heterocycles. The van der Waals surface area contributed by atoms with Crippen molar-refractivity contribution in [2.75, 3.05) is 26.3 Å². The van der Waals surface area contributed by atoms with Crippen LogP contribution in [0.25, 0.3) is 0 Å². The number of sulfonamides is 1. The van der Waals surface area contributed by atoms with Crippen LogP contribution in [-0.2, 0) is 14.8 Å². The minimum absolute atomic E-state index is 0.0127. The molecule has 27 heavy (non-hydrogen) atoms. The summed E-state index contributed by atoms with van der Waals surface area (Å²) < 4.78 is 34.9. The Morgan fingerprint density at radius 1 is 1.19 bits per heavy atom. The molecule has 0 bridgehead atoms. The Bertz CT molecular complexity index is 924. The SMILES string of the molecule is Cc1nc(C2CCOCC2)n(C2CCN(S(=O)(=O)c3ccccc3Cl)C2)n1. The fraction of sp³-hybridized carbons (Fsp3) is 0.556.